The van der Waals surface area contributed by atoms with Gasteiger partial charge in [0.2, 0.25) is 5.95 Å². The number of benzene rings is 2. The molecule has 36 heavy (non-hydrogen) atoms. The van der Waals surface area contributed by atoms with Crippen LogP contribution >= 0.6 is 11.6 Å². The lowest BCUT2D eigenvalue weighted by molar-refractivity contribution is 0.0947. The van der Waals surface area contributed by atoms with Crippen LogP contribution in [0.3, 0.4) is 0 Å². The van der Waals surface area contributed by atoms with Crippen LogP contribution in [-0.4, -0.2) is 21.9 Å². The number of carbonyl (C=O) groups is 1. The number of nitrogens with one attached hydrogen (secondary N) is 2. The molecule has 0 bridgehead atoms. The van der Waals surface area contributed by atoms with E-state index in [2.05, 4.69) is 15.6 Å². The highest BCUT2D eigenvalue weighted by molar-refractivity contribution is 6.30. The Bertz CT molecular complexity index is 1240. The van der Waals surface area contributed by atoms with Crippen molar-refractivity contribution < 1.29 is 13.6 Å². The molecular formula is C28H29ClF2N4O. The highest BCUT2D eigenvalue weighted by atomic mass is 35.5. The van der Waals surface area contributed by atoms with Gasteiger partial charge in [0.1, 0.15) is 11.6 Å². The molecule has 0 spiro atoms. The Morgan fingerprint density at radius 3 is 2.44 bits per heavy atom. The summed E-state index contributed by atoms with van der Waals surface area (Å²) in [4.78, 5) is 22.9. The molecule has 2 N–H and O–H groups in total. The maximum absolute atomic E-state index is 14.2. The molecule has 5 nitrogen and oxygen atoms in total. The first-order valence-corrected chi connectivity index (χ1v) is 12.9. The molecule has 2 saturated carbocycles. The van der Waals surface area contributed by atoms with Gasteiger partial charge in [0.15, 0.2) is 0 Å². The number of hydrogen-bond acceptors (Lipinski definition) is 4. The standard InChI is InChI=1S/C28H29ClF2N4O/c29-20-10-8-19(9-11-20)28(13-3-4-14-28)25-23(17-33-27(35-25)34-22-5-1-2-6-22)26(36)32-16-18-7-12-21(30)15-24(18)31/h7-12,15,17,22H,1-6,13-14,16H2,(H,32,36)(H,33,34,35). The van der Waals surface area contributed by atoms with Crippen molar-refractivity contribution in [3.8, 4) is 0 Å². The molecule has 0 radical (unpaired) electrons. The van der Waals surface area contributed by atoms with Crippen molar-refractivity contribution in [3.63, 3.8) is 0 Å². The molecule has 2 aliphatic carbocycles. The molecule has 2 aromatic carbocycles. The van der Waals surface area contributed by atoms with Crippen molar-refractivity contribution in [1.82, 2.24) is 15.3 Å². The number of nitrogens with zero attached hydrogens (tertiary/aromatic N) is 2. The van der Waals surface area contributed by atoms with Gasteiger partial charge in [-0.15, -0.1) is 0 Å². The van der Waals surface area contributed by atoms with Crippen molar-refractivity contribution in [2.24, 2.45) is 0 Å². The van der Waals surface area contributed by atoms with Crippen LogP contribution in [0, 0.1) is 11.6 Å². The first-order valence-electron chi connectivity index (χ1n) is 12.6. The van der Waals surface area contributed by atoms with Gasteiger partial charge in [-0.25, -0.2) is 18.7 Å². The normalized spacial score (nSPS) is 17.3. The van der Waals surface area contributed by atoms with E-state index in [0.717, 1.165) is 50.2 Å². The van der Waals surface area contributed by atoms with E-state index in [1.165, 1.54) is 25.0 Å². The van der Waals surface area contributed by atoms with E-state index in [9.17, 15) is 13.6 Å². The van der Waals surface area contributed by atoms with Crippen LogP contribution in [0.4, 0.5) is 14.7 Å². The van der Waals surface area contributed by atoms with Gasteiger partial charge >= 0.3 is 0 Å². The summed E-state index contributed by atoms with van der Waals surface area (Å²) in [6.45, 7) is -0.0690. The summed E-state index contributed by atoms with van der Waals surface area (Å²) < 4.78 is 27.4. The fourth-order valence-electron chi connectivity index (χ4n) is 5.58. The molecule has 1 heterocycles. The summed E-state index contributed by atoms with van der Waals surface area (Å²) in [5.41, 5.74) is 1.86. The molecule has 0 aliphatic heterocycles. The van der Waals surface area contributed by atoms with Gasteiger partial charge in [0.25, 0.3) is 5.91 Å². The van der Waals surface area contributed by atoms with Gasteiger partial charge in [0, 0.05) is 40.9 Å². The molecule has 188 valence electrons. The monoisotopic (exact) mass is 510 g/mol. The van der Waals surface area contributed by atoms with Crippen molar-refractivity contribution in [3.05, 3.63) is 87.7 Å². The lowest BCUT2D eigenvalue weighted by Gasteiger charge is -2.31. The van der Waals surface area contributed by atoms with Gasteiger partial charge in [-0.3, -0.25) is 4.79 Å². The minimum atomic E-state index is -0.698. The third-order valence-corrected chi connectivity index (χ3v) is 7.74. The van der Waals surface area contributed by atoms with Crippen LogP contribution in [0.5, 0.6) is 0 Å². The highest BCUT2D eigenvalue weighted by Crippen LogP contribution is 2.47. The first-order chi connectivity index (χ1) is 17.4. The van der Waals surface area contributed by atoms with E-state index in [1.54, 1.807) is 6.20 Å². The quantitative estimate of drug-likeness (QED) is 0.378. The van der Waals surface area contributed by atoms with Crippen molar-refractivity contribution >= 4 is 23.5 Å². The van der Waals surface area contributed by atoms with E-state index in [-0.39, 0.29) is 18.0 Å². The van der Waals surface area contributed by atoms with Crippen LogP contribution in [-0.2, 0) is 12.0 Å². The van der Waals surface area contributed by atoms with Gasteiger partial charge in [0.05, 0.1) is 11.3 Å². The maximum Gasteiger partial charge on any atom is 0.255 e. The van der Waals surface area contributed by atoms with E-state index in [4.69, 9.17) is 16.6 Å². The molecule has 2 aliphatic rings. The minimum Gasteiger partial charge on any atom is -0.351 e. The Balaban J connectivity index is 1.51. The summed E-state index contributed by atoms with van der Waals surface area (Å²) in [7, 11) is 0. The molecular weight excluding hydrogens is 482 g/mol. The minimum absolute atomic E-state index is 0.0690. The smallest absolute Gasteiger partial charge is 0.255 e. The fourth-order valence-corrected chi connectivity index (χ4v) is 5.71. The second kappa shape index (κ2) is 10.5. The number of amides is 1. The van der Waals surface area contributed by atoms with Gasteiger partial charge < -0.3 is 10.6 Å². The Morgan fingerprint density at radius 1 is 1.03 bits per heavy atom. The third-order valence-electron chi connectivity index (χ3n) is 7.48. The van der Waals surface area contributed by atoms with Crippen molar-refractivity contribution in [2.45, 2.75) is 69.4 Å². The second-order valence-corrected chi connectivity index (χ2v) is 10.2. The van der Waals surface area contributed by atoms with Gasteiger partial charge in [-0.1, -0.05) is 55.5 Å². The molecule has 0 unspecified atom stereocenters. The SMILES string of the molecule is O=C(NCc1ccc(F)cc1F)c1cnc(NC2CCCC2)nc1C1(c2ccc(Cl)cc2)CCCC1. The molecule has 3 aromatic rings. The zero-order chi connectivity index (χ0) is 25.1. The Hall–Kier alpha value is -3.06. The van der Waals surface area contributed by atoms with Crippen LogP contribution in [0.15, 0.2) is 48.7 Å². The topological polar surface area (TPSA) is 66.9 Å². The van der Waals surface area contributed by atoms with Crippen LogP contribution < -0.4 is 10.6 Å². The number of rotatable bonds is 7. The van der Waals surface area contributed by atoms with Crippen LogP contribution in [0.2, 0.25) is 5.02 Å². The zero-order valence-electron chi connectivity index (χ0n) is 20.0. The van der Waals surface area contributed by atoms with Crippen LogP contribution in [0.25, 0.3) is 0 Å². The number of halogens is 3. The summed E-state index contributed by atoms with van der Waals surface area (Å²) in [6.07, 6.45) is 9.81. The maximum atomic E-state index is 14.2. The second-order valence-electron chi connectivity index (χ2n) is 9.80. The van der Waals surface area contributed by atoms with E-state index >= 15 is 0 Å². The first kappa shape index (κ1) is 24.6. The Morgan fingerprint density at radius 2 is 1.75 bits per heavy atom. The van der Waals surface area contributed by atoms with E-state index in [0.29, 0.717) is 28.3 Å². The number of anilines is 1. The largest absolute Gasteiger partial charge is 0.351 e. The fraction of sp³-hybridized carbons (Fsp3) is 0.393. The molecule has 8 heteroatoms. The van der Waals surface area contributed by atoms with E-state index in [1.807, 2.05) is 24.3 Å². The molecule has 0 atom stereocenters. The zero-order valence-corrected chi connectivity index (χ0v) is 20.8. The van der Waals surface area contributed by atoms with Crippen molar-refractivity contribution in [2.75, 3.05) is 5.32 Å². The van der Waals surface area contributed by atoms with Gasteiger partial charge in [-0.05, 0) is 49.4 Å². The summed E-state index contributed by atoms with van der Waals surface area (Å²) in [6, 6.07) is 11.4. The number of carbonyl (C=O) groups excluding carboxylic acids is 1. The summed E-state index contributed by atoms with van der Waals surface area (Å²) >= 11 is 6.18. The highest BCUT2D eigenvalue weighted by Gasteiger charge is 2.42. The lowest BCUT2D eigenvalue weighted by atomic mass is 9.74. The Labute approximate surface area is 214 Å². The summed E-state index contributed by atoms with van der Waals surface area (Å²) in [5.74, 6) is -1.22. The molecule has 1 amide bonds. The van der Waals surface area contributed by atoms with Gasteiger partial charge in [-0.2, -0.15) is 0 Å². The average Bonchev–Trinajstić information content (AvgIpc) is 3.57. The van der Waals surface area contributed by atoms with E-state index < -0.39 is 17.0 Å². The third kappa shape index (κ3) is 5.07. The number of aromatic nitrogens is 2. The predicted octanol–water partition coefficient (Wildman–Crippen LogP) is 6.55. The number of hydrogen-bond donors (Lipinski definition) is 2. The molecule has 5 rings (SSSR count). The molecule has 1 aromatic heterocycles. The molecule has 2 fully saturated rings. The molecule has 0 saturated heterocycles. The van der Waals surface area contributed by atoms with Crippen molar-refractivity contribution in [1.29, 1.82) is 0 Å². The van der Waals surface area contributed by atoms with Crippen LogP contribution in [0.1, 0.15) is 78.5 Å². The lowest BCUT2D eigenvalue weighted by Crippen LogP contribution is -2.33. The average molecular weight is 511 g/mol. The predicted molar refractivity (Wildman–Crippen MR) is 136 cm³/mol. The Kier molecular flexibility index (Phi) is 7.19. The summed E-state index contributed by atoms with van der Waals surface area (Å²) in [5, 5.41) is 6.90.